The number of carbonyl (C=O) groups is 1. The molecule has 0 spiro atoms. The number of hydrogen-bond acceptors (Lipinski definition) is 5. The molecule has 1 aromatic carbocycles. The SMILES string of the molecule is CC(C)=CC(=O)OCc1nc(-c2cccc(Br)c2)no1. The zero-order valence-electron chi connectivity index (χ0n) is 11.1. The van der Waals surface area contributed by atoms with Crippen molar-refractivity contribution in [3.63, 3.8) is 0 Å². The highest BCUT2D eigenvalue weighted by molar-refractivity contribution is 9.10. The van der Waals surface area contributed by atoms with Crippen LogP contribution in [-0.2, 0) is 16.1 Å². The number of aromatic nitrogens is 2. The fourth-order valence-corrected chi connectivity index (χ4v) is 1.87. The van der Waals surface area contributed by atoms with E-state index in [2.05, 4.69) is 26.1 Å². The Hall–Kier alpha value is -1.95. The predicted octanol–water partition coefficient (Wildman–Crippen LogP) is 3.51. The van der Waals surface area contributed by atoms with Gasteiger partial charge in [-0.15, -0.1) is 0 Å². The molecule has 0 unspecified atom stereocenters. The minimum atomic E-state index is -0.424. The number of esters is 1. The zero-order chi connectivity index (χ0) is 14.5. The molecule has 2 aromatic rings. The zero-order valence-corrected chi connectivity index (χ0v) is 12.7. The lowest BCUT2D eigenvalue weighted by Crippen LogP contribution is -2.01. The van der Waals surface area contributed by atoms with Gasteiger partial charge in [0.05, 0.1) is 0 Å². The standard InChI is InChI=1S/C14H13BrN2O3/c1-9(2)6-13(18)19-8-12-16-14(17-20-12)10-4-3-5-11(15)7-10/h3-7H,8H2,1-2H3. The van der Waals surface area contributed by atoms with E-state index >= 15 is 0 Å². The number of ether oxygens (including phenoxy) is 1. The molecule has 6 heteroatoms. The van der Waals surface area contributed by atoms with Gasteiger partial charge in [0.25, 0.3) is 5.89 Å². The van der Waals surface area contributed by atoms with Crippen molar-refractivity contribution in [2.75, 3.05) is 0 Å². The van der Waals surface area contributed by atoms with Gasteiger partial charge in [-0.3, -0.25) is 0 Å². The van der Waals surface area contributed by atoms with Gasteiger partial charge in [-0.2, -0.15) is 4.98 Å². The van der Waals surface area contributed by atoms with Crippen LogP contribution in [0.2, 0.25) is 0 Å². The summed E-state index contributed by atoms with van der Waals surface area (Å²) in [6.07, 6.45) is 1.41. The summed E-state index contributed by atoms with van der Waals surface area (Å²) in [7, 11) is 0. The Kier molecular flexibility index (Phi) is 4.68. The molecule has 0 N–H and O–H groups in total. The minimum absolute atomic E-state index is 0.0381. The Morgan fingerprint density at radius 3 is 2.95 bits per heavy atom. The summed E-state index contributed by atoms with van der Waals surface area (Å²) in [5.41, 5.74) is 1.69. The number of nitrogens with zero attached hydrogens (tertiary/aromatic N) is 2. The van der Waals surface area contributed by atoms with E-state index in [1.54, 1.807) is 0 Å². The Morgan fingerprint density at radius 1 is 1.45 bits per heavy atom. The molecule has 0 fully saturated rings. The van der Waals surface area contributed by atoms with E-state index in [1.165, 1.54) is 6.08 Å². The topological polar surface area (TPSA) is 65.2 Å². The van der Waals surface area contributed by atoms with Crippen molar-refractivity contribution < 1.29 is 14.1 Å². The number of benzene rings is 1. The van der Waals surface area contributed by atoms with E-state index < -0.39 is 5.97 Å². The molecule has 0 saturated heterocycles. The molecule has 0 bridgehead atoms. The van der Waals surface area contributed by atoms with E-state index in [9.17, 15) is 4.79 Å². The number of carbonyl (C=O) groups excluding carboxylic acids is 1. The van der Waals surface area contributed by atoms with Crippen LogP contribution in [0.5, 0.6) is 0 Å². The first-order valence-electron chi connectivity index (χ1n) is 5.95. The maximum Gasteiger partial charge on any atom is 0.331 e. The van der Waals surface area contributed by atoms with Gasteiger partial charge >= 0.3 is 5.97 Å². The molecule has 1 aromatic heterocycles. The fraction of sp³-hybridized carbons (Fsp3) is 0.214. The molecule has 1 heterocycles. The minimum Gasteiger partial charge on any atom is -0.452 e. The van der Waals surface area contributed by atoms with Crippen molar-refractivity contribution in [3.8, 4) is 11.4 Å². The Labute approximate surface area is 124 Å². The molecule has 0 aliphatic rings. The van der Waals surface area contributed by atoms with Crippen LogP contribution in [0.15, 0.2) is 44.9 Å². The van der Waals surface area contributed by atoms with Crippen LogP contribution in [0.3, 0.4) is 0 Å². The molecular formula is C14H13BrN2O3. The van der Waals surface area contributed by atoms with E-state index in [0.29, 0.717) is 5.82 Å². The van der Waals surface area contributed by atoms with Crippen LogP contribution in [-0.4, -0.2) is 16.1 Å². The van der Waals surface area contributed by atoms with Crippen LogP contribution < -0.4 is 0 Å². The first-order chi connectivity index (χ1) is 9.54. The third-order valence-electron chi connectivity index (χ3n) is 2.30. The molecular weight excluding hydrogens is 324 g/mol. The van der Waals surface area contributed by atoms with Gasteiger partial charge in [0, 0.05) is 16.1 Å². The summed E-state index contributed by atoms with van der Waals surface area (Å²) < 4.78 is 11.0. The second-order valence-electron chi connectivity index (χ2n) is 4.35. The number of allylic oxidation sites excluding steroid dienone is 1. The fourth-order valence-electron chi connectivity index (χ4n) is 1.47. The molecule has 104 valence electrons. The van der Waals surface area contributed by atoms with Gasteiger partial charge in [-0.1, -0.05) is 38.8 Å². The van der Waals surface area contributed by atoms with Crippen molar-refractivity contribution in [1.82, 2.24) is 10.1 Å². The third-order valence-corrected chi connectivity index (χ3v) is 2.79. The maximum absolute atomic E-state index is 11.4. The quantitative estimate of drug-likeness (QED) is 0.631. The van der Waals surface area contributed by atoms with E-state index in [1.807, 2.05) is 38.1 Å². The molecule has 0 saturated carbocycles. The lowest BCUT2D eigenvalue weighted by Gasteiger charge is -1.97. The smallest absolute Gasteiger partial charge is 0.331 e. The van der Waals surface area contributed by atoms with Crippen LogP contribution in [0.25, 0.3) is 11.4 Å². The van der Waals surface area contributed by atoms with E-state index in [-0.39, 0.29) is 12.5 Å². The number of halogens is 1. The van der Waals surface area contributed by atoms with Crippen LogP contribution in [0.1, 0.15) is 19.7 Å². The normalized spacial score (nSPS) is 10.2. The van der Waals surface area contributed by atoms with Gasteiger partial charge in [0.15, 0.2) is 6.61 Å². The predicted molar refractivity (Wildman–Crippen MR) is 76.7 cm³/mol. The van der Waals surface area contributed by atoms with Gasteiger partial charge in [-0.05, 0) is 26.0 Å². The average molecular weight is 337 g/mol. The molecule has 5 nitrogen and oxygen atoms in total. The lowest BCUT2D eigenvalue weighted by molar-refractivity contribution is -0.139. The molecule has 0 aliphatic heterocycles. The summed E-state index contributed by atoms with van der Waals surface area (Å²) >= 11 is 3.38. The van der Waals surface area contributed by atoms with E-state index in [4.69, 9.17) is 9.26 Å². The highest BCUT2D eigenvalue weighted by atomic mass is 79.9. The van der Waals surface area contributed by atoms with Crippen molar-refractivity contribution >= 4 is 21.9 Å². The van der Waals surface area contributed by atoms with Crippen molar-refractivity contribution in [2.45, 2.75) is 20.5 Å². The summed E-state index contributed by atoms with van der Waals surface area (Å²) in [6, 6.07) is 7.54. The third kappa shape index (κ3) is 4.03. The maximum atomic E-state index is 11.4. The lowest BCUT2D eigenvalue weighted by atomic mass is 10.2. The van der Waals surface area contributed by atoms with Gasteiger partial charge in [0.2, 0.25) is 5.82 Å². The van der Waals surface area contributed by atoms with Crippen molar-refractivity contribution in [2.24, 2.45) is 0 Å². The molecule has 0 atom stereocenters. The monoisotopic (exact) mass is 336 g/mol. The summed E-state index contributed by atoms with van der Waals surface area (Å²) in [5.74, 6) is 0.294. The Balaban J connectivity index is 2.03. The Morgan fingerprint density at radius 2 is 2.25 bits per heavy atom. The van der Waals surface area contributed by atoms with Crippen molar-refractivity contribution in [1.29, 1.82) is 0 Å². The highest BCUT2D eigenvalue weighted by Gasteiger charge is 2.10. The summed E-state index contributed by atoms with van der Waals surface area (Å²) in [6.45, 7) is 3.60. The first kappa shape index (κ1) is 14.5. The van der Waals surface area contributed by atoms with Gasteiger partial charge in [-0.25, -0.2) is 4.79 Å². The molecule has 0 amide bonds. The second-order valence-corrected chi connectivity index (χ2v) is 5.27. The van der Waals surface area contributed by atoms with Gasteiger partial charge < -0.3 is 9.26 Å². The summed E-state index contributed by atoms with van der Waals surface area (Å²) in [5, 5.41) is 3.85. The number of rotatable bonds is 4. The number of hydrogen-bond donors (Lipinski definition) is 0. The van der Waals surface area contributed by atoms with Crippen LogP contribution in [0.4, 0.5) is 0 Å². The molecule has 2 rings (SSSR count). The van der Waals surface area contributed by atoms with Crippen LogP contribution >= 0.6 is 15.9 Å². The molecule has 0 radical (unpaired) electrons. The molecule has 0 aliphatic carbocycles. The largest absolute Gasteiger partial charge is 0.452 e. The van der Waals surface area contributed by atoms with Gasteiger partial charge in [0.1, 0.15) is 0 Å². The first-order valence-corrected chi connectivity index (χ1v) is 6.74. The second kappa shape index (κ2) is 6.47. The highest BCUT2D eigenvalue weighted by Crippen LogP contribution is 2.20. The molecule has 20 heavy (non-hydrogen) atoms. The van der Waals surface area contributed by atoms with E-state index in [0.717, 1.165) is 15.6 Å². The summed E-state index contributed by atoms with van der Waals surface area (Å²) in [4.78, 5) is 15.5. The van der Waals surface area contributed by atoms with Crippen molar-refractivity contribution in [3.05, 3.63) is 46.3 Å². The van der Waals surface area contributed by atoms with Crippen LogP contribution in [0, 0.1) is 0 Å². The average Bonchev–Trinajstić information content (AvgIpc) is 2.84. The Bertz CT molecular complexity index is 645.